The van der Waals surface area contributed by atoms with Crippen LogP contribution in [0.4, 0.5) is 5.69 Å². The molecule has 0 aromatic carbocycles. The molecular formula is C12H11N7. The van der Waals surface area contributed by atoms with Crippen molar-refractivity contribution < 1.29 is 0 Å². The number of aryl methyl sites for hydroxylation is 1. The molecule has 2 N–H and O–H groups in total. The third-order valence-corrected chi connectivity index (χ3v) is 2.61. The summed E-state index contributed by atoms with van der Waals surface area (Å²) in [5, 5.41) is 4.38. The Morgan fingerprint density at radius 1 is 0.947 bits per heavy atom. The van der Waals surface area contributed by atoms with Crippen molar-refractivity contribution in [3.05, 3.63) is 42.7 Å². The Kier molecular flexibility index (Phi) is 2.64. The Hall–Kier alpha value is -2.83. The van der Waals surface area contributed by atoms with Crippen LogP contribution in [0, 0.1) is 6.92 Å². The van der Waals surface area contributed by atoms with Crippen molar-refractivity contribution >= 4 is 5.69 Å². The highest BCUT2D eigenvalue weighted by Gasteiger charge is 2.14. The van der Waals surface area contributed by atoms with Crippen LogP contribution < -0.4 is 5.73 Å². The Labute approximate surface area is 109 Å². The Balaban J connectivity index is 2.11. The summed E-state index contributed by atoms with van der Waals surface area (Å²) < 4.78 is 1.53. The van der Waals surface area contributed by atoms with Crippen LogP contribution in [-0.4, -0.2) is 29.7 Å². The van der Waals surface area contributed by atoms with Crippen LogP contribution in [0.1, 0.15) is 5.69 Å². The minimum absolute atomic E-state index is 0.460. The van der Waals surface area contributed by atoms with E-state index in [-0.39, 0.29) is 0 Å². The number of nitrogens with zero attached hydrogens (tertiary/aromatic N) is 6. The van der Waals surface area contributed by atoms with Gasteiger partial charge in [-0.15, -0.1) is 0 Å². The van der Waals surface area contributed by atoms with Crippen LogP contribution in [0.25, 0.3) is 17.3 Å². The highest BCUT2D eigenvalue weighted by atomic mass is 15.3. The topological polar surface area (TPSA) is 95.4 Å². The van der Waals surface area contributed by atoms with Gasteiger partial charge in [0, 0.05) is 24.8 Å². The fraction of sp³-hybridized carbons (Fsp3) is 0.0833. The maximum absolute atomic E-state index is 5.97. The molecule has 3 aromatic rings. The summed E-state index contributed by atoms with van der Waals surface area (Å²) in [7, 11) is 0. The Bertz CT molecular complexity index is 705. The smallest absolute Gasteiger partial charge is 0.250 e. The summed E-state index contributed by atoms with van der Waals surface area (Å²) in [6.07, 6.45) is 8.20. The molecule has 3 aromatic heterocycles. The molecule has 0 radical (unpaired) electrons. The van der Waals surface area contributed by atoms with E-state index in [0.29, 0.717) is 23.0 Å². The van der Waals surface area contributed by atoms with E-state index in [1.165, 1.54) is 4.68 Å². The second kappa shape index (κ2) is 4.45. The second-order valence-electron chi connectivity index (χ2n) is 3.92. The van der Waals surface area contributed by atoms with Crippen LogP contribution in [0.5, 0.6) is 0 Å². The van der Waals surface area contributed by atoms with Crippen molar-refractivity contribution in [3.63, 3.8) is 0 Å². The van der Waals surface area contributed by atoms with Crippen LogP contribution in [0.3, 0.4) is 0 Å². The van der Waals surface area contributed by atoms with Crippen molar-refractivity contribution in [2.24, 2.45) is 0 Å². The maximum atomic E-state index is 5.97. The Morgan fingerprint density at radius 2 is 1.68 bits per heavy atom. The molecule has 0 saturated carbocycles. The molecule has 0 atom stereocenters. The molecule has 0 bridgehead atoms. The van der Waals surface area contributed by atoms with Gasteiger partial charge in [-0.3, -0.25) is 9.97 Å². The van der Waals surface area contributed by atoms with E-state index in [4.69, 9.17) is 5.73 Å². The van der Waals surface area contributed by atoms with Gasteiger partial charge in [-0.2, -0.15) is 5.10 Å². The van der Waals surface area contributed by atoms with Gasteiger partial charge in [0.1, 0.15) is 11.4 Å². The zero-order valence-corrected chi connectivity index (χ0v) is 10.2. The van der Waals surface area contributed by atoms with Crippen molar-refractivity contribution in [1.82, 2.24) is 29.7 Å². The highest BCUT2D eigenvalue weighted by Crippen LogP contribution is 2.24. The van der Waals surface area contributed by atoms with Gasteiger partial charge in [-0.1, -0.05) is 0 Å². The Morgan fingerprint density at radius 3 is 2.42 bits per heavy atom. The second-order valence-corrected chi connectivity index (χ2v) is 3.92. The van der Waals surface area contributed by atoms with Crippen LogP contribution >= 0.6 is 0 Å². The minimum Gasteiger partial charge on any atom is -0.396 e. The van der Waals surface area contributed by atoms with Crippen LogP contribution in [0.15, 0.2) is 37.1 Å². The molecule has 0 aliphatic carbocycles. The van der Waals surface area contributed by atoms with Gasteiger partial charge in [0.05, 0.1) is 17.6 Å². The lowest BCUT2D eigenvalue weighted by atomic mass is 10.2. The molecule has 0 unspecified atom stereocenters. The average Bonchev–Trinajstić information content (AvgIpc) is 2.82. The summed E-state index contributed by atoms with van der Waals surface area (Å²) in [5.41, 5.74) is 8.50. The molecule has 0 spiro atoms. The molecule has 19 heavy (non-hydrogen) atoms. The number of rotatable bonds is 2. The molecule has 0 aliphatic rings. The molecule has 0 aliphatic heterocycles. The van der Waals surface area contributed by atoms with Gasteiger partial charge in [0.2, 0.25) is 0 Å². The number of aromatic nitrogens is 6. The molecular weight excluding hydrogens is 242 g/mol. The first-order valence-electron chi connectivity index (χ1n) is 5.66. The number of nitrogen functional groups attached to an aromatic ring is 1. The van der Waals surface area contributed by atoms with Gasteiger partial charge in [-0.05, 0) is 13.0 Å². The zero-order valence-electron chi connectivity index (χ0n) is 10.2. The third-order valence-electron chi connectivity index (χ3n) is 2.61. The lowest BCUT2D eigenvalue weighted by Gasteiger charge is -2.00. The van der Waals surface area contributed by atoms with E-state index in [2.05, 4.69) is 25.0 Å². The summed E-state index contributed by atoms with van der Waals surface area (Å²) in [6.45, 7) is 1.86. The van der Waals surface area contributed by atoms with E-state index in [1.54, 1.807) is 37.1 Å². The lowest BCUT2D eigenvalue weighted by Crippen LogP contribution is -2.01. The molecule has 3 heterocycles. The van der Waals surface area contributed by atoms with Gasteiger partial charge < -0.3 is 5.73 Å². The van der Waals surface area contributed by atoms with E-state index >= 15 is 0 Å². The largest absolute Gasteiger partial charge is 0.396 e. The van der Waals surface area contributed by atoms with Gasteiger partial charge >= 0.3 is 0 Å². The molecule has 0 fully saturated rings. The number of hydrogen-bond donors (Lipinski definition) is 1. The van der Waals surface area contributed by atoms with E-state index in [0.717, 1.165) is 5.69 Å². The molecule has 0 saturated heterocycles. The summed E-state index contributed by atoms with van der Waals surface area (Å²) in [5.74, 6) is 0.460. The fourth-order valence-corrected chi connectivity index (χ4v) is 1.72. The normalized spacial score (nSPS) is 10.6. The number of nitrogens with two attached hydrogens (primary N) is 1. The molecule has 7 heteroatoms. The first kappa shape index (κ1) is 11.3. The molecule has 0 amide bonds. The molecule has 94 valence electrons. The van der Waals surface area contributed by atoms with Crippen molar-refractivity contribution in [1.29, 1.82) is 0 Å². The summed E-state index contributed by atoms with van der Waals surface area (Å²) in [6, 6.07) is 1.74. The summed E-state index contributed by atoms with van der Waals surface area (Å²) in [4.78, 5) is 16.7. The number of anilines is 1. The molecule has 7 nitrogen and oxygen atoms in total. The monoisotopic (exact) mass is 253 g/mol. The van der Waals surface area contributed by atoms with Crippen molar-refractivity contribution in [3.8, 4) is 17.3 Å². The van der Waals surface area contributed by atoms with Gasteiger partial charge in [-0.25, -0.2) is 14.6 Å². The average molecular weight is 253 g/mol. The van der Waals surface area contributed by atoms with E-state index in [1.807, 2.05) is 6.92 Å². The quantitative estimate of drug-likeness (QED) is 0.732. The summed E-state index contributed by atoms with van der Waals surface area (Å²) >= 11 is 0. The van der Waals surface area contributed by atoms with Crippen molar-refractivity contribution in [2.45, 2.75) is 6.92 Å². The molecule has 3 rings (SSSR count). The maximum Gasteiger partial charge on any atom is 0.250 e. The third kappa shape index (κ3) is 2.01. The van der Waals surface area contributed by atoms with E-state index in [9.17, 15) is 0 Å². The van der Waals surface area contributed by atoms with Gasteiger partial charge in [0.15, 0.2) is 0 Å². The standard InChI is InChI=1S/C12H11N7/c1-8-10(15-6-5-14-8)11-9(13)7-19(18-11)12-16-3-2-4-17-12/h2-7H,13H2,1H3. The highest BCUT2D eigenvalue weighted by molar-refractivity contribution is 5.70. The van der Waals surface area contributed by atoms with Crippen LogP contribution in [0.2, 0.25) is 0 Å². The first-order valence-corrected chi connectivity index (χ1v) is 5.66. The predicted molar refractivity (Wildman–Crippen MR) is 69.3 cm³/mol. The SMILES string of the molecule is Cc1nccnc1-c1nn(-c2ncccn2)cc1N. The number of hydrogen-bond acceptors (Lipinski definition) is 6. The van der Waals surface area contributed by atoms with Gasteiger partial charge in [0.25, 0.3) is 5.95 Å². The van der Waals surface area contributed by atoms with E-state index < -0.39 is 0 Å². The van der Waals surface area contributed by atoms with Crippen molar-refractivity contribution in [2.75, 3.05) is 5.73 Å². The van der Waals surface area contributed by atoms with Crippen LogP contribution in [-0.2, 0) is 0 Å². The predicted octanol–water partition coefficient (Wildman–Crippen LogP) is 1.01. The first-order chi connectivity index (χ1) is 9.25. The zero-order chi connectivity index (χ0) is 13.2. The minimum atomic E-state index is 0.460. The fourth-order valence-electron chi connectivity index (χ4n) is 1.72. The lowest BCUT2D eigenvalue weighted by molar-refractivity contribution is 0.809.